The third-order valence-corrected chi connectivity index (χ3v) is 5.12. The number of carbonyl (C=O) groups excluding carboxylic acids is 1. The minimum absolute atomic E-state index is 0.0519. The van der Waals surface area contributed by atoms with Crippen LogP contribution in [0.3, 0.4) is 0 Å². The summed E-state index contributed by atoms with van der Waals surface area (Å²) in [6.45, 7) is 2.71. The van der Waals surface area contributed by atoms with Crippen molar-refractivity contribution >= 4 is 16.7 Å². The molecule has 0 aliphatic carbocycles. The predicted molar refractivity (Wildman–Crippen MR) is 103 cm³/mol. The summed E-state index contributed by atoms with van der Waals surface area (Å²) in [4.78, 5) is 14.9. The smallest absolute Gasteiger partial charge is 0.224 e. The standard InChI is InChI=1S/C22H24N2O2/c25-22(15-17-9-10-18-6-1-2-7-19(18)14-17)23-16-20(21-8-5-13-26-21)24-11-3-4-12-24/h1-2,5-10,13-14,20H,3-4,11-12,15-16H2,(H,23,25). The van der Waals surface area contributed by atoms with Crippen LogP contribution in [0, 0.1) is 0 Å². The molecule has 1 aliphatic rings. The molecule has 1 fully saturated rings. The van der Waals surface area contributed by atoms with E-state index < -0.39 is 0 Å². The van der Waals surface area contributed by atoms with Crippen LogP contribution in [0.1, 0.15) is 30.2 Å². The normalized spacial score (nSPS) is 16.0. The molecule has 1 N–H and O–H groups in total. The molecule has 1 aromatic heterocycles. The van der Waals surface area contributed by atoms with Crippen molar-refractivity contribution < 1.29 is 9.21 Å². The first-order valence-electron chi connectivity index (χ1n) is 9.31. The van der Waals surface area contributed by atoms with Crippen LogP contribution >= 0.6 is 0 Å². The number of rotatable bonds is 6. The fraction of sp³-hybridized carbons (Fsp3) is 0.318. The van der Waals surface area contributed by atoms with E-state index in [1.807, 2.05) is 30.3 Å². The van der Waals surface area contributed by atoms with E-state index in [0.717, 1.165) is 24.4 Å². The third kappa shape index (κ3) is 3.81. The van der Waals surface area contributed by atoms with E-state index in [-0.39, 0.29) is 11.9 Å². The molecule has 0 radical (unpaired) electrons. The van der Waals surface area contributed by atoms with Crippen LogP contribution < -0.4 is 5.32 Å². The molecule has 26 heavy (non-hydrogen) atoms. The van der Waals surface area contributed by atoms with Crippen molar-refractivity contribution in [3.05, 3.63) is 72.2 Å². The summed E-state index contributed by atoms with van der Waals surface area (Å²) in [6.07, 6.45) is 4.52. The molecule has 1 unspecified atom stereocenters. The zero-order valence-electron chi connectivity index (χ0n) is 14.9. The Morgan fingerprint density at radius 2 is 1.85 bits per heavy atom. The second-order valence-electron chi connectivity index (χ2n) is 6.94. The number of nitrogens with one attached hydrogen (secondary N) is 1. The quantitative estimate of drug-likeness (QED) is 0.734. The fourth-order valence-corrected chi connectivity index (χ4v) is 3.75. The van der Waals surface area contributed by atoms with Gasteiger partial charge >= 0.3 is 0 Å². The second-order valence-corrected chi connectivity index (χ2v) is 6.94. The number of carbonyl (C=O) groups is 1. The number of furan rings is 1. The molecule has 1 amide bonds. The number of nitrogens with zero attached hydrogens (tertiary/aromatic N) is 1. The van der Waals surface area contributed by atoms with Gasteiger partial charge in [-0.3, -0.25) is 9.69 Å². The lowest BCUT2D eigenvalue weighted by atomic mass is 10.0. The van der Waals surface area contributed by atoms with Gasteiger partial charge in [0, 0.05) is 6.54 Å². The van der Waals surface area contributed by atoms with Crippen molar-refractivity contribution in [3.8, 4) is 0 Å². The average Bonchev–Trinajstić information content (AvgIpc) is 3.36. The number of fused-ring (bicyclic) bond motifs is 1. The zero-order valence-corrected chi connectivity index (χ0v) is 14.9. The van der Waals surface area contributed by atoms with E-state index in [1.54, 1.807) is 6.26 Å². The fourth-order valence-electron chi connectivity index (χ4n) is 3.75. The molecule has 3 aromatic rings. The van der Waals surface area contributed by atoms with Crippen molar-refractivity contribution in [2.24, 2.45) is 0 Å². The van der Waals surface area contributed by atoms with E-state index in [0.29, 0.717) is 13.0 Å². The molecule has 4 nitrogen and oxygen atoms in total. The molecule has 0 saturated carbocycles. The summed E-state index contributed by atoms with van der Waals surface area (Å²) in [7, 11) is 0. The van der Waals surface area contributed by atoms with Gasteiger partial charge in [-0.15, -0.1) is 0 Å². The SMILES string of the molecule is O=C(Cc1ccc2ccccc2c1)NCC(c1ccco1)N1CCCC1. The number of likely N-dealkylation sites (tertiary alicyclic amines) is 1. The minimum Gasteiger partial charge on any atom is -0.468 e. The highest BCUT2D eigenvalue weighted by Gasteiger charge is 2.25. The van der Waals surface area contributed by atoms with E-state index in [9.17, 15) is 4.79 Å². The highest BCUT2D eigenvalue weighted by Crippen LogP contribution is 2.25. The third-order valence-electron chi connectivity index (χ3n) is 5.12. The molecule has 1 saturated heterocycles. The average molecular weight is 348 g/mol. The first-order valence-corrected chi connectivity index (χ1v) is 9.31. The van der Waals surface area contributed by atoms with Gasteiger partial charge in [0.1, 0.15) is 5.76 Å². The predicted octanol–water partition coefficient (Wildman–Crippen LogP) is 3.93. The van der Waals surface area contributed by atoms with Crippen molar-refractivity contribution in [2.75, 3.05) is 19.6 Å². The van der Waals surface area contributed by atoms with Crippen LogP contribution in [0.4, 0.5) is 0 Å². The van der Waals surface area contributed by atoms with Crippen LogP contribution in [0.5, 0.6) is 0 Å². The molecule has 0 bridgehead atoms. The van der Waals surface area contributed by atoms with Gasteiger partial charge in [-0.1, -0.05) is 42.5 Å². The maximum absolute atomic E-state index is 12.5. The van der Waals surface area contributed by atoms with Crippen molar-refractivity contribution in [1.82, 2.24) is 10.2 Å². The van der Waals surface area contributed by atoms with E-state index >= 15 is 0 Å². The monoisotopic (exact) mass is 348 g/mol. The van der Waals surface area contributed by atoms with E-state index in [1.165, 1.54) is 23.6 Å². The maximum Gasteiger partial charge on any atom is 0.224 e. The summed E-state index contributed by atoms with van der Waals surface area (Å²) >= 11 is 0. The molecule has 1 aliphatic heterocycles. The molecule has 2 heterocycles. The lowest BCUT2D eigenvalue weighted by molar-refractivity contribution is -0.120. The van der Waals surface area contributed by atoms with Crippen LogP contribution in [0.2, 0.25) is 0 Å². The van der Waals surface area contributed by atoms with Crippen LogP contribution in [-0.2, 0) is 11.2 Å². The molecule has 1 atom stereocenters. The van der Waals surface area contributed by atoms with Gasteiger partial charge in [0.05, 0.1) is 18.7 Å². The molecule has 4 heteroatoms. The molecular formula is C22H24N2O2. The summed E-state index contributed by atoms with van der Waals surface area (Å²) in [5.41, 5.74) is 1.04. The van der Waals surface area contributed by atoms with E-state index in [2.05, 4.69) is 34.5 Å². The van der Waals surface area contributed by atoms with Gasteiger partial charge in [0.2, 0.25) is 5.91 Å². The Hall–Kier alpha value is -2.59. The Bertz CT molecular complexity index is 867. The first-order chi connectivity index (χ1) is 12.8. The molecule has 2 aromatic carbocycles. The van der Waals surface area contributed by atoms with Crippen molar-refractivity contribution in [3.63, 3.8) is 0 Å². The van der Waals surface area contributed by atoms with Crippen LogP contribution in [0.25, 0.3) is 10.8 Å². The topological polar surface area (TPSA) is 45.5 Å². The van der Waals surface area contributed by atoms with Crippen molar-refractivity contribution in [2.45, 2.75) is 25.3 Å². The van der Waals surface area contributed by atoms with Crippen LogP contribution in [-0.4, -0.2) is 30.4 Å². The molecule has 0 spiro atoms. The van der Waals surface area contributed by atoms with Gasteiger partial charge in [0.15, 0.2) is 0 Å². The summed E-state index contributed by atoms with van der Waals surface area (Å²) < 4.78 is 5.61. The second kappa shape index (κ2) is 7.75. The lowest BCUT2D eigenvalue weighted by Crippen LogP contribution is -2.37. The highest BCUT2D eigenvalue weighted by molar-refractivity contribution is 5.85. The zero-order chi connectivity index (χ0) is 17.8. The van der Waals surface area contributed by atoms with Gasteiger partial charge in [0.25, 0.3) is 0 Å². The van der Waals surface area contributed by atoms with Crippen LogP contribution in [0.15, 0.2) is 65.3 Å². The lowest BCUT2D eigenvalue weighted by Gasteiger charge is -2.26. The minimum atomic E-state index is 0.0519. The maximum atomic E-state index is 12.5. The molecule has 4 rings (SSSR count). The van der Waals surface area contributed by atoms with Gasteiger partial charge in [-0.2, -0.15) is 0 Å². The largest absolute Gasteiger partial charge is 0.468 e. The Kier molecular flexibility index (Phi) is 5.02. The Balaban J connectivity index is 1.39. The van der Waals surface area contributed by atoms with Gasteiger partial charge in [-0.05, 0) is 54.4 Å². The number of hydrogen-bond acceptors (Lipinski definition) is 3. The molecular weight excluding hydrogens is 324 g/mol. The van der Waals surface area contributed by atoms with Gasteiger partial charge in [-0.25, -0.2) is 0 Å². The number of benzene rings is 2. The highest BCUT2D eigenvalue weighted by atomic mass is 16.3. The number of hydrogen-bond donors (Lipinski definition) is 1. The summed E-state index contributed by atoms with van der Waals surface area (Å²) in [6, 6.07) is 18.5. The first kappa shape index (κ1) is 16.9. The Labute approximate surface area is 153 Å². The van der Waals surface area contributed by atoms with Gasteiger partial charge < -0.3 is 9.73 Å². The van der Waals surface area contributed by atoms with Crippen molar-refractivity contribution in [1.29, 1.82) is 0 Å². The number of amides is 1. The molecule has 134 valence electrons. The van der Waals surface area contributed by atoms with E-state index in [4.69, 9.17) is 4.42 Å². The summed E-state index contributed by atoms with van der Waals surface area (Å²) in [5.74, 6) is 0.980. The Morgan fingerprint density at radius 3 is 2.62 bits per heavy atom. The summed E-state index contributed by atoms with van der Waals surface area (Å²) in [5, 5.41) is 5.47. The Morgan fingerprint density at radius 1 is 1.04 bits per heavy atom.